The van der Waals surface area contributed by atoms with Gasteiger partial charge in [0.1, 0.15) is 17.3 Å². The first-order chi connectivity index (χ1) is 13.0. The van der Waals surface area contributed by atoms with Crippen molar-refractivity contribution in [3.8, 4) is 22.8 Å². The third-order valence-electron chi connectivity index (χ3n) is 4.22. The Labute approximate surface area is 162 Å². The van der Waals surface area contributed by atoms with E-state index in [0.717, 1.165) is 11.1 Å². The first kappa shape index (κ1) is 18.9. The van der Waals surface area contributed by atoms with Crippen molar-refractivity contribution < 1.29 is 18.7 Å². The first-order valence-electron chi connectivity index (χ1n) is 8.41. The summed E-state index contributed by atoms with van der Waals surface area (Å²) in [5, 5.41) is 3.48. The largest absolute Gasteiger partial charge is 0.497 e. The number of hydrogen-bond donors (Lipinski definition) is 1. The van der Waals surface area contributed by atoms with Crippen LogP contribution in [0, 0.1) is 0 Å². The first-order valence-corrected chi connectivity index (χ1v) is 8.78. The molecule has 3 aromatic rings. The van der Waals surface area contributed by atoms with E-state index < -0.39 is 0 Å². The molecule has 0 fully saturated rings. The second-order valence-electron chi connectivity index (χ2n) is 5.95. The van der Waals surface area contributed by atoms with Gasteiger partial charge in [-0.1, -0.05) is 23.7 Å². The minimum absolute atomic E-state index is 0.207. The van der Waals surface area contributed by atoms with Gasteiger partial charge in [-0.2, -0.15) is 0 Å². The Bertz CT molecular complexity index is 951. The van der Waals surface area contributed by atoms with E-state index in [4.69, 9.17) is 25.5 Å². The van der Waals surface area contributed by atoms with Crippen molar-refractivity contribution in [1.29, 1.82) is 0 Å². The zero-order valence-corrected chi connectivity index (χ0v) is 16.0. The van der Waals surface area contributed by atoms with Gasteiger partial charge in [0.2, 0.25) is 0 Å². The molecule has 3 rings (SSSR count). The highest BCUT2D eigenvalue weighted by Crippen LogP contribution is 2.31. The third kappa shape index (κ3) is 4.09. The number of halogens is 1. The summed E-state index contributed by atoms with van der Waals surface area (Å²) < 4.78 is 16.3. The lowest BCUT2D eigenvalue weighted by Crippen LogP contribution is -2.26. The van der Waals surface area contributed by atoms with Gasteiger partial charge in [-0.05, 0) is 49.4 Å². The van der Waals surface area contributed by atoms with Crippen LogP contribution in [0.15, 0.2) is 59.0 Å². The molecule has 1 aromatic heterocycles. The number of carbonyl (C=O) groups excluding carboxylic acids is 1. The van der Waals surface area contributed by atoms with E-state index in [1.54, 1.807) is 44.6 Å². The maximum atomic E-state index is 12.6. The Morgan fingerprint density at radius 2 is 1.85 bits per heavy atom. The van der Waals surface area contributed by atoms with Crippen LogP contribution in [-0.2, 0) is 0 Å². The van der Waals surface area contributed by atoms with E-state index >= 15 is 0 Å². The molecule has 140 valence electrons. The van der Waals surface area contributed by atoms with Gasteiger partial charge in [0.25, 0.3) is 5.91 Å². The number of hydrogen-bond acceptors (Lipinski definition) is 4. The number of rotatable bonds is 6. The molecular formula is C21H20ClNO4. The minimum atomic E-state index is -0.328. The molecule has 0 radical (unpaired) electrons. The van der Waals surface area contributed by atoms with Crippen LogP contribution in [-0.4, -0.2) is 20.1 Å². The predicted molar refractivity (Wildman–Crippen MR) is 105 cm³/mol. The van der Waals surface area contributed by atoms with Crippen molar-refractivity contribution in [1.82, 2.24) is 5.32 Å². The average molecular weight is 386 g/mol. The fraction of sp³-hybridized carbons (Fsp3) is 0.190. The molecule has 0 saturated heterocycles. The quantitative estimate of drug-likeness (QED) is 0.640. The van der Waals surface area contributed by atoms with E-state index in [9.17, 15) is 4.79 Å². The van der Waals surface area contributed by atoms with Gasteiger partial charge >= 0.3 is 0 Å². The van der Waals surface area contributed by atoms with Crippen molar-refractivity contribution in [2.45, 2.75) is 13.0 Å². The van der Waals surface area contributed by atoms with Gasteiger partial charge in [-0.15, -0.1) is 0 Å². The Hall–Kier alpha value is -2.92. The number of nitrogens with one attached hydrogen (secondary N) is 1. The fourth-order valence-corrected chi connectivity index (χ4v) is 3.02. The van der Waals surface area contributed by atoms with Crippen LogP contribution >= 0.6 is 11.6 Å². The molecule has 5 nitrogen and oxygen atoms in total. The summed E-state index contributed by atoms with van der Waals surface area (Å²) in [7, 11) is 3.18. The molecule has 0 bridgehead atoms. The van der Waals surface area contributed by atoms with Crippen LogP contribution in [0.25, 0.3) is 11.3 Å². The number of amides is 1. The molecule has 0 aliphatic heterocycles. The minimum Gasteiger partial charge on any atom is -0.497 e. The summed E-state index contributed by atoms with van der Waals surface area (Å²) in [4.78, 5) is 12.6. The third-order valence-corrected chi connectivity index (χ3v) is 4.55. The van der Waals surface area contributed by atoms with Gasteiger partial charge in [-0.3, -0.25) is 4.79 Å². The number of carbonyl (C=O) groups is 1. The standard InChI is InChI=1S/C21H20ClNO4/c1-13(16-12-14(25-2)8-9-18(16)26-3)23-21(24)20-11-10-19(27-20)15-6-4-5-7-17(15)22/h4-13H,1-3H3,(H,23,24). The maximum absolute atomic E-state index is 12.6. The summed E-state index contributed by atoms with van der Waals surface area (Å²) in [6, 6.07) is 15.8. The average Bonchev–Trinajstić information content (AvgIpc) is 3.17. The van der Waals surface area contributed by atoms with Crippen LogP contribution in [0.2, 0.25) is 5.02 Å². The second-order valence-corrected chi connectivity index (χ2v) is 6.35. The topological polar surface area (TPSA) is 60.7 Å². The number of ether oxygens (including phenoxy) is 2. The predicted octanol–water partition coefficient (Wildman–Crippen LogP) is 5.11. The SMILES string of the molecule is COc1ccc(OC)c(C(C)NC(=O)c2ccc(-c3ccccc3Cl)o2)c1. The molecule has 1 atom stereocenters. The Morgan fingerprint density at radius 3 is 2.56 bits per heavy atom. The Morgan fingerprint density at radius 1 is 1.07 bits per heavy atom. The fourth-order valence-electron chi connectivity index (χ4n) is 2.79. The molecule has 1 N–H and O–H groups in total. The molecular weight excluding hydrogens is 366 g/mol. The van der Waals surface area contributed by atoms with Gasteiger partial charge in [0, 0.05) is 11.1 Å². The van der Waals surface area contributed by atoms with E-state index in [-0.39, 0.29) is 17.7 Å². The lowest BCUT2D eigenvalue weighted by atomic mass is 10.1. The van der Waals surface area contributed by atoms with Gasteiger partial charge in [0.05, 0.1) is 25.3 Å². The second kappa shape index (κ2) is 8.18. The molecule has 1 heterocycles. The highest BCUT2D eigenvalue weighted by molar-refractivity contribution is 6.33. The lowest BCUT2D eigenvalue weighted by molar-refractivity contribution is 0.0912. The monoisotopic (exact) mass is 385 g/mol. The van der Waals surface area contributed by atoms with Gasteiger partial charge in [0.15, 0.2) is 5.76 Å². The highest BCUT2D eigenvalue weighted by atomic mass is 35.5. The Balaban J connectivity index is 1.79. The van der Waals surface area contributed by atoms with Crippen LogP contribution in [0.5, 0.6) is 11.5 Å². The number of methoxy groups -OCH3 is 2. The van der Waals surface area contributed by atoms with Crippen molar-refractivity contribution >= 4 is 17.5 Å². The Kier molecular flexibility index (Phi) is 5.72. The molecule has 0 spiro atoms. The zero-order chi connectivity index (χ0) is 19.4. The molecule has 1 unspecified atom stereocenters. The maximum Gasteiger partial charge on any atom is 0.287 e. The van der Waals surface area contributed by atoms with Crippen LogP contribution in [0.3, 0.4) is 0 Å². The van der Waals surface area contributed by atoms with Crippen LogP contribution in [0.1, 0.15) is 29.1 Å². The van der Waals surface area contributed by atoms with Gasteiger partial charge < -0.3 is 19.2 Å². The zero-order valence-electron chi connectivity index (χ0n) is 15.3. The normalized spacial score (nSPS) is 11.7. The van der Waals surface area contributed by atoms with Crippen molar-refractivity contribution in [2.75, 3.05) is 14.2 Å². The van der Waals surface area contributed by atoms with E-state index in [0.29, 0.717) is 22.3 Å². The molecule has 0 saturated carbocycles. The van der Waals surface area contributed by atoms with Crippen molar-refractivity contribution in [2.24, 2.45) is 0 Å². The summed E-state index contributed by atoms with van der Waals surface area (Å²) >= 11 is 6.19. The molecule has 2 aromatic carbocycles. The van der Waals surface area contributed by atoms with E-state index in [1.165, 1.54) is 0 Å². The van der Waals surface area contributed by atoms with Crippen molar-refractivity contribution in [3.05, 3.63) is 70.9 Å². The van der Waals surface area contributed by atoms with Crippen LogP contribution < -0.4 is 14.8 Å². The molecule has 6 heteroatoms. The van der Waals surface area contributed by atoms with Crippen LogP contribution in [0.4, 0.5) is 0 Å². The number of furan rings is 1. The van der Waals surface area contributed by atoms with Crippen molar-refractivity contribution in [3.63, 3.8) is 0 Å². The molecule has 0 aliphatic rings. The smallest absolute Gasteiger partial charge is 0.287 e. The summed E-state index contributed by atoms with van der Waals surface area (Å²) in [6.07, 6.45) is 0. The lowest BCUT2D eigenvalue weighted by Gasteiger charge is -2.17. The highest BCUT2D eigenvalue weighted by Gasteiger charge is 2.19. The number of benzene rings is 2. The molecule has 1 amide bonds. The van der Waals surface area contributed by atoms with E-state index in [1.807, 2.05) is 31.2 Å². The summed E-state index contributed by atoms with van der Waals surface area (Å²) in [6.45, 7) is 1.87. The van der Waals surface area contributed by atoms with Gasteiger partial charge in [-0.25, -0.2) is 0 Å². The summed E-state index contributed by atoms with van der Waals surface area (Å²) in [5.41, 5.74) is 1.55. The molecule has 27 heavy (non-hydrogen) atoms. The molecule has 0 aliphatic carbocycles. The summed E-state index contributed by atoms with van der Waals surface area (Å²) in [5.74, 6) is 1.77. The van der Waals surface area contributed by atoms with E-state index in [2.05, 4.69) is 5.32 Å².